The van der Waals surface area contributed by atoms with Gasteiger partial charge >= 0.3 is 0 Å². The lowest BCUT2D eigenvalue weighted by atomic mass is 10.0. The van der Waals surface area contributed by atoms with Gasteiger partial charge in [-0.05, 0) is 49.2 Å². The third-order valence-electron chi connectivity index (χ3n) is 3.43. The molecule has 0 saturated heterocycles. The lowest BCUT2D eigenvalue weighted by Crippen LogP contribution is -2.01. The van der Waals surface area contributed by atoms with E-state index in [0.29, 0.717) is 56.5 Å². The van der Waals surface area contributed by atoms with Crippen molar-refractivity contribution < 1.29 is 9.47 Å². The molecule has 0 saturated carbocycles. The largest absolute Gasteiger partial charge is 0.490 e. The van der Waals surface area contributed by atoms with Gasteiger partial charge < -0.3 is 9.47 Å². The number of nitrogens with zero attached hydrogens (tertiary/aromatic N) is 1. The molecule has 2 aromatic carbocycles. The molecule has 136 valence electrons. The summed E-state index contributed by atoms with van der Waals surface area (Å²) < 4.78 is 11.3. The summed E-state index contributed by atoms with van der Waals surface area (Å²) in [6, 6.07) is 10.7. The predicted octanol–water partition coefficient (Wildman–Crippen LogP) is 6.90. The van der Waals surface area contributed by atoms with Crippen molar-refractivity contribution in [3.05, 3.63) is 56.5 Å². The summed E-state index contributed by atoms with van der Waals surface area (Å²) >= 11 is 18.5. The predicted molar refractivity (Wildman–Crippen MR) is 108 cm³/mol. The maximum atomic E-state index is 9.55. The zero-order valence-electron chi connectivity index (χ0n) is 14.5. The minimum Gasteiger partial charge on any atom is -0.490 e. The standard InChI is InChI=1S/C20H18Cl3NO2/c1-3-7-26-20-18(23)9-13(10-19(20)25-4-2)8-14(12-24)16-6-5-15(21)11-17(16)22/h5-6,8-11H,3-4,7H2,1-2H3/b14-8+. The Morgan fingerprint density at radius 2 is 1.85 bits per heavy atom. The molecule has 0 bridgehead atoms. The van der Waals surface area contributed by atoms with Crippen LogP contribution in [0.1, 0.15) is 31.4 Å². The molecule has 0 spiro atoms. The Balaban J connectivity index is 2.49. The van der Waals surface area contributed by atoms with E-state index >= 15 is 0 Å². The van der Waals surface area contributed by atoms with Crippen LogP contribution < -0.4 is 9.47 Å². The van der Waals surface area contributed by atoms with Crippen molar-refractivity contribution >= 4 is 46.5 Å². The second-order valence-electron chi connectivity index (χ2n) is 5.41. The summed E-state index contributed by atoms with van der Waals surface area (Å²) in [5, 5.41) is 10.9. The summed E-state index contributed by atoms with van der Waals surface area (Å²) in [5.74, 6) is 1.05. The first-order valence-electron chi connectivity index (χ1n) is 8.16. The van der Waals surface area contributed by atoms with E-state index in [1.165, 1.54) is 0 Å². The van der Waals surface area contributed by atoms with Gasteiger partial charge in [0.15, 0.2) is 11.5 Å². The Hall–Kier alpha value is -1.86. The Morgan fingerprint density at radius 1 is 1.08 bits per heavy atom. The SMILES string of the molecule is CCCOc1c(Cl)cc(/C=C(\C#N)c2ccc(Cl)cc2Cl)cc1OCC. The molecule has 26 heavy (non-hydrogen) atoms. The van der Waals surface area contributed by atoms with Crippen LogP contribution in [-0.2, 0) is 0 Å². The first-order valence-corrected chi connectivity index (χ1v) is 9.29. The van der Waals surface area contributed by atoms with E-state index in [1.54, 1.807) is 36.4 Å². The quantitative estimate of drug-likeness (QED) is 0.368. The second-order valence-corrected chi connectivity index (χ2v) is 6.66. The molecule has 0 aliphatic rings. The summed E-state index contributed by atoms with van der Waals surface area (Å²) in [6.45, 7) is 4.91. The van der Waals surface area contributed by atoms with Gasteiger partial charge in [0, 0.05) is 10.6 Å². The third-order valence-corrected chi connectivity index (χ3v) is 4.26. The van der Waals surface area contributed by atoms with Crippen molar-refractivity contribution in [2.75, 3.05) is 13.2 Å². The van der Waals surface area contributed by atoms with E-state index < -0.39 is 0 Å². The first-order chi connectivity index (χ1) is 12.5. The number of benzene rings is 2. The van der Waals surface area contributed by atoms with Crippen LogP contribution in [0.2, 0.25) is 15.1 Å². The van der Waals surface area contributed by atoms with Crippen LogP contribution in [0, 0.1) is 11.3 Å². The fourth-order valence-electron chi connectivity index (χ4n) is 2.32. The normalized spacial score (nSPS) is 11.2. The molecular formula is C20H18Cl3NO2. The molecule has 3 nitrogen and oxygen atoms in total. The second kappa shape index (κ2) is 9.73. The number of rotatable bonds is 7. The molecule has 0 unspecified atom stereocenters. The monoisotopic (exact) mass is 409 g/mol. The number of nitriles is 1. The van der Waals surface area contributed by atoms with Gasteiger partial charge in [-0.15, -0.1) is 0 Å². The third kappa shape index (κ3) is 5.08. The van der Waals surface area contributed by atoms with Crippen LogP contribution in [-0.4, -0.2) is 13.2 Å². The van der Waals surface area contributed by atoms with Gasteiger partial charge in [0.05, 0.1) is 34.9 Å². The van der Waals surface area contributed by atoms with Crippen LogP contribution in [0.5, 0.6) is 11.5 Å². The summed E-state index contributed by atoms with van der Waals surface area (Å²) in [4.78, 5) is 0. The summed E-state index contributed by atoms with van der Waals surface area (Å²) in [6.07, 6.45) is 2.56. The molecule has 6 heteroatoms. The van der Waals surface area contributed by atoms with Crippen molar-refractivity contribution in [1.82, 2.24) is 0 Å². The molecule has 2 rings (SSSR count). The lowest BCUT2D eigenvalue weighted by Gasteiger charge is -2.14. The van der Waals surface area contributed by atoms with Gasteiger partial charge in [0.25, 0.3) is 0 Å². The number of hydrogen-bond donors (Lipinski definition) is 0. The van der Waals surface area contributed by atoms with E-state index in [9.17, 15) is 5.26 Å². The fraction of sp³-hybridized carbons (Fsp3) is 0.250. The van der Waals surface area contributed by atoms with Crippen molar-refractivity contribution in [2.45, 2.75) is 20.3 Å². The van der Waals surface area contributed by atoms with E-state index in [0.717, 1.165) is 6.42 Å². The van der Waals surface area contributed by atoms with Crippen molar-refractivity contribution in [3.8, 4) is 17.6 Å². The molecule has 0 amide bonds. The molecule has 2 aromatic rings. The maximum absolute atomic E-state index is 9.55. The van der Waals surface area contributed by atoms with Crippen LogP contribution in [0.25, 0.3) is 11.6 Å². The Labute approximate surface area is 168 Å². The van der Waals surface area contributed by atoms with Crippen LogP contribution in [0.3, 0.4) is 0 Å². The molecule has 0 aliphatic heterocycles. The van der Waals surface area contributed by atoms with Crippen LogP contribution >= 0.6 is 34.8 Å². The minimum atomic E-state index is 0.396. The van der Waals surface area contributed by atoms with Gasteiger partial charge in [-0.3, -0.25) is 0 Å². The van der Waals surface area contributed by atoms with Gasteiger partial charge in [0.2, 0.25) is 0 Å². The highest BCUT2D eigenvalue weighted by atomic mass is 35.5. The van der Waals surface area contributed by atoms with E-state index in [4.69, 9.17) is 44.3 Å². The molecule has 0 aliphatic carbocycles. The highest BCUT2D eigenvalue weighted by molar-refractivity contribution is 6.36. The average molecular weight is 411 g/mol. The summed E-state index contributed by atoms with van der Waals surface area (Å²) in [7, 11) is 0. The van der Waals surface area contributed by atoms with Gasteiger partial charge in [0.1, 0.15) is 0 Å². The lowest BCUT2D eigenvalue weighted by molar-refractivity contribution is 0.277. The van der Waals surface area contributed by atoms with Crippen molar-refractivity contribution in [3.63, 3.8) is 0 Å². The average Bonchev–Trinajstić information content (AvgIpc) is 2.60. The number of hydrogen-bond acceptors (Lipinski definition) is 3. The van der Waals surface area contributed by atoms with Crippen molar-refractivity contribution in [2.24, 2.45) is 0 Å². The minimum absolute atomic E-state index is 0.396. The maximum Gasteiger partial charge on any atom is 0.179 e. The van der Waals surface area contributed by atoms with Crippen LogP contribution in [0.4, 0.5) is 0 Å². The smallest absolute Gasteiger partial charge is 0.179 e. The van der Waals surface area contributed by atoms with Crippen molar-refractivity contribution in [1.29, 1.82) is 5.26 Å². The number of halogens is 3. The van der Waals surface area contributed by atoms with Gasteiger partial charge in [-0.1, -0.05) is 47.8 Å². The zero-order valence-corrected chi connectivity index (χ0v) is 16.8. The van der Waals surface area contributed by atoms with Gasteiger partial charge in [-0.2, -0.15) is 5.26 Å². The molecule has 0 radical (unpaired) electrons. The molecule has 0 aromatic heterocycles. The van der Waals surface area contributed by atoms with Gasteiger partial charge in [-0.25, -0.2) is 0 Å². The number of ether oxygens (including phenoxy) is 2. The highest BCUT2D eigenvalue weighted by Crippen LogP contribution is 2.38. The number of allylic oxidation sites excluding steroid dienone is 1. The van der Waals surface area contributed by atoms with E-state index in [-0.39, 0.29) is 0 Å². The molecule has 0 fully saturated rings. The Kier molecular flexibility index (Phi) is 7.66. The topological polar surface area (TPSA) is 42.2 Å². The Morgan fingerprint density at radius 3 is 2.46 bits per heavy atom. The van der Waals surface area contributed by atoms with E-state index in [1.807, 2.05) is 13.8 Å². The summed E-state index contributed by atoms with van der Waals surface area (Å²) in [5.41, 5.74) is 1.70. The highest BCUT2D eigenvalue weighted by Gasteiger charge is 2.13. The van der Waals surface area contributed by atoms with Crippen LogP contribution in [0.15, 0.2) is 30.3 Å². The van der Waals surface area contributed by atoms with E-state index in [2.05, 4.69) is 6.07 Å². The first kappa shape index (κ1) is 20.5. The molecule has 0 atom stereocenters. The fourth-order valence-corrected chi connectivity index (χ4v) is 3.11. The Bertz CT molecular complexity index is 857. The molecular weight excluding hydrogens is 393 g/mol. The zero-order chi connectivity index (χ0) is 19.1. The molecule has 0 N–H and O–H groups in total. The molecule has 0 heterocycles.